The van der Waals surface area contributed by atoms with Crippen LogP contribution in [-0.2, 0) is 10.3 Å². The first-order valence-electron chi connectivity index (χ1n) is 6.64. The van der Waals surface area contributed by atoms with Crippen LogP contribution in [0.2, 0.25) is 0 Å². The van der Waals surface area contributed by atoms with E-state index in [1.165, 1.54) is 16.7 Å². The van der Waals surface area contributed by atoms with Crippen molar-refractivity contribution in [1.29, 1.82) is 0 Å². The van der Waals surface area contributed by atoms with E-state index in [1.807, 2.05) is 6.07 Å². The molecule has 0 radical (unpaired) electrons. The van der Waals surface area contributed by atoms with Crippen LogP contribution in [0.25, 0.3) is 0 Å². The van der Waals surface area contributed by atoms with Crippen molar-refractivity contribution < 1.29 is 33.6 Å². The molecule has 0 fully saturated rings. The number of halogens is 1. The van der Waals surface area contributed by atoms with Gasteiger partial charge in [-0.1, -0.05) is 54.6 Å². The molecule has 2 aromatic rings. The molecule has 1 aliphatic rings. The third-order valence-corrected chi connectivity index (χ3v) is 3.41. The van der Waals surface area contributed by atoms with E-state index in [0.29, 0.717) is 0 Å². The Hall–Kier alpha value is -1.47. The zero-order valence-corrected chi connectivity index (χ0v) is 13.0. The van der Waals surface area contributed by atoms with Crippen LogP contribution in [0.4, 0.5) is 0 Å². The van der Waals surface area contributed by atoms with Crippen molar-refractivity contribution >= 4 is 0 Å². The lowest BCUT2D eigenvalue weighted by Crippen LogP contribution is -2.58. The third-order valence-electron chi connectivity index (χ3n) is 3.41. The van der Waals surface area contributed by atoms with Gasteiger partial charge in [-0.3, -0.25) is 0 Å². The summed E-state index contributed by atoms with van der Waals surface area (Å²) in [7, 11) is -4.69. The summed E-state index contributed by atoms with van der Waals surface area (Å²) in [4.78, 5) is 0. The molecule has 6 heteroatoms. The molecule has 0 bridgehead atoms. The van der Waals surface area contributed by atoms with Gasteiger partial charge < -0.3 is 4.74 Å². The predicted molar refractivity (Wildman–Crippen MR) is 71.1 cm³/mol. The molecule has 0 saturated heterocycles. The Kier molecular flexibility index (Phi) is 4.87. The van der Waals surface area contributed by atoms with E-state index in [4.69, 9.17) is 23.4 Å². The topological polar surface area (TPSA) is 98.6 Å². The highest BCUT2D eigenvalue weighted by Gasteiger charge is 2.37. The quantitative estimate of drug-likeness (QED) is 0.791. The van der Waals surface area contributed by atoms with Crippen LogP contribution in [0.15, 0.2) is 54.6 Å². The average Bonchev–Trinajstić information content (AvgIpc) is 2.71. The first kappa shape index (κ1) is 16.9. The Morgan fingerprint density at radius 2 is 1.45 bits per heavy atom. The summed E-state index contributed by atoms with van der Waals surface area (Å²) in [6.07, 6.45) is 0.0717. The van der Waals surface area contributed by atoms with E-state index in [1.54, 1.807) is 0 Å². The molecule has 0 saturated carbocycles. The number of ether oxygens (including phenoxy) is 1. The maximum absolute atomic E-state index is 8.60. The fourth-order valence-electron chi connectivity index (χ4n) is 2.57. The second-order valence-electron chi connectivity index (χ2n) is 5.40. The van der Waals surface area contributed by atoms with E-state index in [-0.39, 0.29) is 11.7 Å². The van der Waals surface area contributed by atoms with E-state index < -0.39 is 10.2 Å². The molecule has 22 heavy (non-hydrogen) atoms. The van der Waals surface area contributed by atoms with Gasteiger partial charge in [0.15, 0.2) is 0 Å². The Bertz CT molecular complexity index is 616. The Morgan fingerprint density at radius 3 is 2.05 bits per heavy atom. The van der Waals surface area contributed by atoms with E-state index in [2.05, 4.69) is 62.4 Å². The van der Waals surface area contributed by atoms with E-state index >= 15 is 0 Å². The van der Waals surface area contributed by atoms with Crippen molar-refractivity contribution in [1.82, 2.24) is 0 Å². The van der Waals surface area contributed by atoms with Crippen molar-refractivity contribution in [2.75, 3.05) is 0 Å². The van der Waals surface area contributed by atoms with Crippen molar-refractivity contribution in [2.45, 2.75) is 25.6 Å². The number of fused-ring (bicyclic) bond motifs is 1. The van der Waals surface area contributed by atoms with E-state index in [9.17, 15) is 0 Å². The van der Waals surface area contributed by atoms with Gasteiger partial charge in [-0.2, -0.15) is 14.0 Å². The molecule has 0 aromatic heterocycles. The number of hydrogen-bond donors (Lipinski definition) is 1. The number of rotatable bonds is 1. The molecule has 3 rings (SSSR count). The largest absolute Gasteiger partial charge is 0.358 e. The summed E-state index contributed by atoms with van der Waals surface area (Å²) < 4.78 is 38.9. The van der Waals surface area contributed by atoms with Gasteiger partial charge in [0.25, 0.3) is 0 Å². The molecule has 1 unspecified atom stereocenters. The van der Waals surface area contributed by atoms with E-state index in [0.717, 1.165) is 0 Å². The third kappa shape index (κ3) is 4.27. The minimum absolute atomic E-state index is 0.0717. The lowest BCUT2D eigenvalue weighted by molar-refractivity contribution is -1.92. The summed E-state index contributed by atoms with van der Waals surface area (Å²) in [5.74, 6) is 0. The molecular formula is C16H17ClO5. The van der Waals surface area contributed by atoms with Crippen molar-refractivity contribution in [2.24, 2.45) is 0 Å². The minimum Gasteiger partial charge on any atom is -0.358 e. The molecule has 1 N–H and O–H groups in total. The number of benzene rings is 2. The van der Waals surface area contributed by atoms with Crippen LogP contribution >= 0.6 is 0 Å². The molecule has 0 spiro atoms. The first-order valence-corrected chi connectivity index (χ1v) is 7.90. The second kappa shape index (κ2) is 6.34. The predicted octanol–water partition coefficient (Wildman–Crippen LogP) is -0.0827. The van der Waals surface area contributed by atoms with Gasteiger partial charge in [-0.15, -0.1) is 0 Å². The highest BCUT2D eigenvalue weighted by molar-refractivity contribution is 5.42. The van der Waals surface area contributed by atoms with Crippen LogP contribution in [0, 0.1) is 10.2 Å². The molecular weight excluding hydrogens is 308 g/mol. The van der Waals surface area contributed by atoms with Gasteiger partial charge in [-0.25, -0.2) is 0 Å². The van der Waals surface area contributed by atoms with Crippen LogP contribution in [-0.4, -0.2) is 4.66 Å². The van der Waals surface area contributed by atoms with Gasteiger partial charge in [0.2, 0.25) is 0 Å². The summed E-state index contributed by atoms with van der Waals surface area (Å²) in [5.41, 5.74) is 3.62. The minimum atomic E-state index is -4.69. The zero-order chi connectivity index (χ0) is 16.4. The van der Waals surface area contributed by atoms with Gasteiger partial charge >= 0.3 is 0 Å². The van der Waals surface area contributed by atoms with Crippen molar-refractivity contribution in [3.8, 4) is 0 Å². The molecule has 1 atom stereocenters. The lowest BCUT2D eigenvalue weighted by atomic mass is 9.93. The fourth-order valence-corrected chi connectivity index (χ4v) is 2.57. The fraction of sp³-hybridized carbons (Fsp3) is 0.250. The van der Waals surface area contributed by atoms with Crippen LogP contribution in [0.1, 0.15) is 36.6 Å². The molecule has 1 aliphatic heterocycles. The SMILES string of the molecule is CC1(C)OC(c2ccccc2)c2ccccc21.[O-][Cl+3]([O-])([O-])O. The van der Waals surface area contributed by atoms with Crippen LogP contribution < -0.4 is 14.0 Å². The van der Waals surface area contributed by atoms with Gasteiger partial charge in [-0.05, 0) is 30.5 Å². The Balaban J connectivity index is 0.000000309. The van der Waals surface area contributed by atoms with Crippen molar-refractivity contribution in [3.05, 3.63) is 71.3 Å². The first-order chi connectivity index (χ1) is 10.2. The molecule has 0 aliphatic carbocycles. The average molecular weight is 325 g/mol. The number of hydrogen-bond acceptors (Lipinski definition) is 5. The maximum atomic E-state index is 8.60. The van der Waals surface area contributed by atoms with Gasteiger partial charge in [0.05, 0.1) is 20.5 Å². The second-order valence-corrected chi connectivity index (χ2v) is 6.19. The zero-order valence-electron chi connectivity index (χ0n) is 12.2. The van der Waals surface area contributed by atoms with Crippen molar-refractivity contribution in [3.63, 3.8) is 0 Å². The van der Waals surface area contributed by atoms with Crippen LogP contribution in [0.3, 0.4) is 0 Å². The summed E-state index contributed by atoms with van der Waals surface area (Å²) in [5, 5.41) is 0. The molecule has 5 nitrogen and oxygen atoms in total. The Morgan fingerprint density at radius 1 is 0.955 bits per heavy atom. The summed E-state index contributed by atoms with van der Waals surface area (Å²) in [6, 6.07) is 18.9. The lowest BCUT2D eigenvalue weighted by Gasteiger charge is -2.20. The molecule has 2 aromatic carbocycles. The maximum Gasteiger partial charge on any atom is 0.109 e. The standard InChI is InChI=1S/C16H16O.ClHO4/c1-16(2)14-11-7-6-10-13(14)15(17-16)12-8-4-3-5-9-12;2-1(3,4)5/h3-11,15H,1-2H3;(H,2,3,4,5). The normalized spacial score (nSPS) is 19.1. The van der Waals surface area contributed by atoms with Crippen LogP contribution in [0.5, 0.6) is 0 Å². The Labute approximate surface area is 131 Å². The highest BCUT2D eigenvalue weighted by Crippen LogP contribution is 2.45. The summed E-state index contributed by atoms with van der Waals surface area (Å²) in [6.45, 7) is 4.27. The molecule has 118 valence electrons. The smallest absolute Gasteiger partial charge is 0.109 e. The van der Waals surface area contributed by atoms with Gasteiger partial charge in [0.1, 0.15) is 6.10 Å². The summed E-state index contributed by atoms with van der Waals surface area (Å²) >= 11 is 0. The monoisotopic (exact) mass is 324 g/mol. The van der Waals surface area contributed by atoms with Gasteiger partial charge in [0, 0.05) is 0 Å². The highest BCUT2D eigenvalue weighted by atomic mass is 35.7. The molecule has 1 heterocycles. The molecule has 0 amide bonds.